The molecule has 0 aliphatic rings. The van der Waals surface area contributed by atoms with Crippen LogP contribution < -0.4 is 9.62 Å². The minimum atomic E-state index is -3.54. The van der Waals surface area contributed by atoms with Gasteiger partial charge < -0.3 is 5.32 Å². The number of hydrogen-bond acceptors (Lipinski definition) is 4. The third-order valence-corrected chi connectivity index (χ3v) is 5.99. The van der Waals surface area contributed by atoms with E-state index in [0.29, 0.717) is 11.3 Å². The molecule has 1 heterocycles. The van der Waals surface area contributed by atoms with Crippen LogP contribution >= 0.6 is 11.3 Å². The van der Waals surface area contributed by atoms with Crippen LogP contribution in [0.2, 0.25) is 0 Å². The number of benzene rings is 1. The largest absolute Gasteiger partial charge is 0.355 e. The lowest BCUT2D eigenvalue weighted by molar-refractivity contribution is 0.0963. The number of anilines is 1. The molecule has 2 rings (SSSR count). The highest BCUT2D eigenvalue weighted by Crippen LogP contribution is 2.25. The van der Waals surface area contributed by atoms with Crippen molar-refractivity contribution >= 4 is 33.0 Å². The van der Waals surface area contributed by atoms with Crippen molar-refractivity contribution in [1.82, 2.24) is 5.32 Å². The van der Waals surface area contributed by atoms with E-state index in [0.717, 1.165) is 0 Å². The van der Waals surface area contributed by atoms with E-state index >= 15 is 0 Å². The van der Waals surface area contributed by atoms with Gasteiger partial charge >= 0.3 is 0 Å². The highest BCUT2D eigenvalue weighted by molar-refractivity contribution is 7.94. The Morgan fingerprint density at radius 2 is 1.85 bits per heavy atom. The van der Waals surface area contributed by atoms with E-state index in [4.69, 9.17) is 0 Å². The summed E-state index contributed by atoms with van der Waals surface area (Å²) in [4.78, 5) is 11.4. The SMILES string of the molecule is CNC(=O)c1ccc(N(C)S(=O)(=O)c2cccs2)cc1. The standard InChI is InChI=1S/C13H14N2O3S2/c1-14-13(16)10-5-7-11(8-6-10)15(2)20(17,18)12-4-3-9-19-12/h3-9H,1-2H3,(H,14,16). The lowest BCUT2D eigenvalue weighted by Gasteiger charge is -2.18. The van der Waals surface area contributed by atoms with Crippen LogP contribution in [0, 0.1) is 0 Å². The average Bonchev–Trinajstić information content (AvgIpc) is 3.00. The molecule has 106 valence electrons. The molecule has 7 heteroatoms. The van der Waals surface area contributed by atoms with Crippen LogP contribution in [0.25, 0.3) is 0 Å². The van der Waals surface area contributed by atoms with E-state index in [1.165, 1.54) is 22.7 Å². The molecule has 0 spiro atoms. The predicted octanol–water partition coefficient (Wildman–Crippen LogP) is 1.93. The minimum absolute atomic E-state index is 0.208. The van der Waals surface area contributed by atoms with Gasteiger partial charge in [0.05, 0.1) is 5.69 Å². The van der Waals surface area contributed by atoms with Crippen LogP contribution in [0.4, 0.5) is 5.69 Å². The smallest absolute Gasteiger partial charge is 0.273 e. The lowest BCUT2D eigenvalue weighted by atomic mass is 10.2. The molecule has 1 aromatic carbocycles. The molecular weight excluding hydrogens is 296 g/mol. The molecule has 0 saturated heterocycles. The van der Waals surface area contributed by atoms with Gasteiger partial charge in [-0.2, -0.15) is 0 Å². The molecule has 0 aliphatic heterocycles. The number of carbonyl (C=O) groups excluding carboxylic acids is 1. The van der Waals surface area contributed by atoms with Gasteiger partial charge in [0.25, 0.3) is 15.9 Å². The maximum atomic E-state index is 12.3. The maximum absolute atomic E-state index is 12.3. The fourth-order valence-electron chi connectivity index (χ4n) is 1.65. The number of sulfonamides is 1. The second-order valence-corrected chi connectivity index (χ2v) is 7.17. The first-order valence-electron chi connectivity index (χ1n) is 5.81. The van der Waals surface area contributed by atoms with Gasteiger partial charge in [-0.1, -0.05) is 6.07 Å². The summed E-state index contributed by atoms with van der Waals surface area (Å²) >= 11 is 1.17. The van der Waals surface area contributed by atoms with Crippen LogP contribution in [-0.2, 0) is 10.0 Å². The molecule has 0 saturated carbocycles. The van der Waals surface area contributed by atoms with E-state index in [9.17, 15) is 13.2 Å². The molecule has 1 N–H and O–H groups in total. The minimum Gasteiger partial charge on any atom is -0.355 e. The summed E-state index contributed by atoms with van der Waals surface area (Å²) in [5, 5.41) is 4.23. The van der Waals surface area contributed by atoms with Crippen molar-refractivity contribution < 1.29 is 13.2 Å². The number of nitrogens with one attached hydrogen (secondary N) is 1. The van der Waals surface area contributed by atoms with Gasteiger partial charge in [0.15, 0.2) is 0 Å². The first-order chi connectivity index (χ1) is 9.46. The van der Waals surface area contributed by atoms with Crippen molar-refractivity contribution in [2.75, 3.05) is 18.4 Å². The Bertz CT molecular complexity index is 692. The highest BCUT2D eigenvalue weighted by Gasteiger charge is 2.22. The summed E-state index contributed by atoms with van der Waals surface area (Å²) in [6.45, 7) is 0. The van der Waals surface area contributed by atoms with Gasteiger partial charge in [0, 0.05) is 19.7 Å². The molecule has 5 nitrogen and oxygen atoms in total. The molecule has 0 bridgehead atoms. The maximum Gasteiger partial charge on any atom is 0.273 e. The second-order valence-electron chi connectivity index (χ2n) is 4.03. The number of hydrogen-bond donors (Lipinski definition) is 1. The quantitative estimate of drug-likeness (QED) is 0.938. The number of thiophene rings is 1. The summed E-state index contributed by atoms with van der Waals surface area (Å²) < 4.78 is 26.1. The van der Waals surface area contributed by atoms with Gasteiger partial charge in [-0.3, -0.25) is 9.10 Å². The van der Waals surface area contributed by atoms with Crippen molar-refractivity contribution in [2.45, 2.75) is 4.21 Å². The molecule has 0 fully saturated rings. The zero-order valence-electron chi connectivity index (χ0n) is 11.0. The topological polar surface area (TPSA) is 66.5 Å². The molecule has 0 unspecified atom stereocenters. The van der Waals surface area contributed by atoms with Gasteiger partial charge in [-0.15, -0.1) is 11.3 Å². The molecule has 0 radical (unpaired) electrons. The Labute approximate surface area is 121 Å². The Balaban J connectivity index is 2.30. The predicted molar refractivity (Wildman–Crippen MR) is 79.7 cm³/mol. The second kappa shape index (κ2) is 5.64. The summed E-state index contributed by atoms with van der Waals surface area (Å²) in [7, 11) is -0.501. The summed E-state index contributed by atoms with van der Waals surface area (Å²) in [6, 6.07) is 9.66. The van der Waals surface area contributed by atoms with E-state index < -0.39 is 10.0 Å². The van der Waals surface area contributed by atoms with Crippen LogP contribution in [0.3, 0.4) is 0 Å². The van der Waals surface area contributed by atoms with Crippen LogP contribution in [0.5, 0.6) is 0 Å². The van der Waals surface area contributed by atoms with Crippen molar-refractivity contribution in [3.8, 4) is 0 Å². The first kappa shape index (κ1) is 14.5. The Morgan fingerprint density at radius 3 is 2.35 bits per heavy atom. The van der Waals surface area contributed by atoms with Crippen molar-refractivity contribution in [3.05, 3.63) is 47.3 Å². The molecule has 1 aromatic heterocycles. The molecular formula is C13H14N2O3S2. The Kier molecular flexibility index (Phi) is 4.10. The zero-order valence-corrected chi connectivity index (χ0v) is 12.7. The fraction of sp³-hybridized carbons (Fsp3) is 0.154. The van der Waals surface area contributed by atoms with E-state index in [1.54, 1.807) is 48.8 Å². The summed E-state index contributed by atoms with van der Waals surface area (Å²) in [5.74, 6) is -0.208. The van der Waals surface area contributed by atoms with E-state index in [2.05, 4.69) is 5.32 Å². The van der Waals surface area contributed by atoms with Crippen molar-refractivity contribution in [2.24, 2.45) is 0 Å². The third kappa shape index (κ3) is 2.68. The average molecular weight is 310 g/mol. The first-order valence-corrected chi connectivity index (χ1v) is 8.13. The van der Waals surface area contributed by atoms with Gasteiger partial charge in [-0.25, -0.2) is 8.42 Å². The van der Waals surface area contributed by atoms with Crippen LogP contribution in [0.1, 0.15) is 10.4 Å². The number of rotatable bonds is 4. The monoisotopic (exact) mass is 310 g/mol. The van der Waals surface area contributed by atoms with Gasteiger partial charge in [-0.05, 0) is 35.7 Å². The number of amides is 1. The molecule has 0 aliphatic carbocycles. The van der Waals surface area contributed by atoms with E-state index in [-0.39, 0.29) is 10.1 Å². The Morgan fingerprint density at radius 1 is 1.20 bits per heavy atom. The molecule has 20 heavy (non-hydrogen) atoms. The summed E-state index contributed by atoms with van der Waals surface area (Å²) in [5.41, 5.74) is 0.990. The third-order valence-electron chi connectivity index (χ3n) is 2.83. The van der Waals surface area contributed by atoms with Gasteiger partial charge in [0.1, 0.15) is 4.21 Å². The molecule has 1 amide bonds. The summed E-state index contributed by atoms with van der Waals surface area (Å²) in [6.07, 6.45) is 0. The number of nitrogens with zero attached hydrogens (tertiary/aromatic N) is 1. The zero-order chi connectivity index (χ0) is 14.8. The van der Waals surface area contributed by atoms with Crippen LogP contribution in [0.15, 0.2) is 46.0 Å². The van der Waals surface area contributed by atoms with Gasteiger partial charge in [0.2, 0.25) is 0 Å². The fourth-order valence-corrected chi connectivity index (χ4v) is 4.01. The van der Waals surface area contributed by atoms with E-state index in [1.807, 2.05) is 0 Å². The normalized spacial score (nSPS) is 11.1. The molecule has 0 atom stereocenters. The lowest BCUT2D eigenvalue weighted by Crippen LogP contribution is -2.26. The van der Waals surface area contributed by atoms with Crippen molar-refractivity contribution in [1.29, 1.82) is 0 Å². The highest BCUT2D eigenvalue weighted by atomic mass is 32.2. The Hall–Kier alpha value is -1.86. The van der Waals surface area contributed by atoms with Crippen LogP contribution in [-0.4, -0.2) is 28.4 Å². The number of carbonyl (C=O) groups is 1. The van der Waals surface area contributed by atoms with Crippen molar-refractivity contribution in [3.63, 3.8) is 0 Å². The molecule has 2 aromatic rings.